The zero-order valence-corrected chi connectivity index (χ0v) is 24.1. The van der Waals surface area contributed by atoms with Crippen LogP contribution in [0.2, 0.25) is 0 Å². The van der Waals surface area contributed by atoms with E-state index in [2.05, 4.69) is 19.3 Å². The summed E-state index contributed by atoms with van der Waals surface area (Å²) < 4.78 is 52.2. The van der Waals surface area contributed by atoms with Crippen molar-refractivity contribution in [3.63, 3.8) is 0 Å². The second kappa shape index (κ2) is 12.7. The first-order valence-corrected chi connectivity index (χ1v) is 15.7. The molecule has 44 heavy (non-hydrogen) atoms. The van der Waals surface area contributed by atoms with Gasteiger partial charge in [0.15, 0.2) is 36.2 Å². The molecule has 2 aliphatic heterocycles. The number of anilines is 1. The molecule has 5 heterocycles. The van der Waals surface area contributed by atoms with Crippen LogP contribution in [0.5, 0.6) is 0 Å². The number of hydrogen-bond acceptors (Lipinski definition) is 17. The molecule has 3 aromatic heterocycles. The summed E-state index contributed by atoms with van der Waals surface area (Å²) in [5, 5.41) is 51.2. The van der Waals surface area contributed by atoms with Gasteiger partial charge in [-0.05, 0) is 6.07 Å². The third-order valence-electron chi connectivity index (χ3n) is 6.83. The number of aliphatic hydroxyl groups excluding tert-OH is 5. The molecule has 242 valence electrons. The van der Waals surface area contributed by atoms with Crippen LogP contribution in [0.3, 0.4) is 0 Å². The second-order valence-corrected chi connectivity index (χ2v) is 12.9. The van der Waals surface area contributed by atoms with Crippen molar-refractivity contribution in [1.82, 2.24) is 19.5 Å². The fourth-order valence-corrected chi connectivity index (χ4v) is 6.71. The number of ether oxygens (including phenoxy) is 2. The molecule has 23 heteroatoms. The Morgan fingerprint density at radius 1 is 0.977 bits per heavy atom. The summed E-state index contributed by atoms with van der Waals surface area (Å²) in [5.41, 5.74) is 11.8. The molecule has 5 rings (SSSR count). The minimum Gasteiger partial charge on any atom is -0.387 e. The van der Waals surface area contributed by atoms with Crippen LogP contribution in [0.4, 0.5) is 5.82 Å². The van der Waals surface area contributed by atoms with Gasteiger partial charge in [-0.2, -0.15) is 8.88 Å². The molecular weight excluding hydrogens is 636 g/mol. The molecule has 2 saturated heterocycles. The van der Waals surface area contributed by atoms with E-state index in [9.17, 15) is 44.4 Å². The Morgan fingerprint density at radius 2 is 1.61 bits per heavy atom. The van der Waals surface area contributed by atoms with Gasteiger partial charge in [0.25, 0.3) is 6.23 Å². The van der Waals surface area contributed by atoms with Gasteiger partial charge in [-0.15, -0.1) is 0 Å². The molecule has 0 bridgehead atoms. The number of fused-ring (bicyclic) bond motifs is 1. The highest BCUT2D eigenvalue weighted by molar-refractivity contribution is 7.61. The Hall–Kier alpha value is -2.56. The van der Waals surface area contributed by atoms with Crippen LogP contribution in [-0.2, 0) is 32.0 Å². The van der Waals surface area contributed by atoms with E-state index in [-0.39, 0.29) is 22.5 Å². The van der Waals surface area contributed by atoms with Crippen LogP contribution in [0.1, 0.15) is 24.2 Å². The van der Waals surface area contributed by atoms with Crippen molar-refractivity contribution >= 4 is 32.6 Å². The molecule has 11 atom stereocenters. The minimum atomic E-state index is -5.36. The SMILES string of the molecule is Nc1ncnc2c1ncn2[C@@H]1O[C@H](COP(=O)(O)OP(=O)(O)OC[C@H]2O[C@@H]([n+]3cccc(C(N)O)c3)[C@H](O)[C@@H]2O)[C@@H](O)[C@H]1O. The van der Waals surface area contributed by atoms with Crippen molar-refractivity contribution in [2.45, 2.75) is 55.3 Å². The lowest BCUT2D eigenvalue weighted by Gasteiger charge is -2.20. The van der Waals surface area contributed by atoms with Gasteiger partial charge in [-0.3, -0.25) is 13.6 Å². The second-order valence-electron chi connectivity index (χ2n) is 9.82. The molecule has 21 nitrogen and oxygen atoms in total. The number of pyridine rings is 1. The van der Waals surface area contributed by atoms with E-state index >= 15 is 0 Å². The van der Waals surface area contributed by atoms with E-state index in [4.69, 9.17) is 30.0 Å². The van der Waals surface area contributed by atoms with Gasteiger partial charge < -0.3 is 56.3 Å². The summed E-state index contributed by atoms with van der Waals surface area (Å²) in [6.07, 6.45) is -7.90. The predicted molar refractivity (Wildman–Crippen MR) is 140 cm³/mol. The maximum Gasteiger partial charge on any atom is 0.481 e. The number of aliphatic hydroxyl groups is 5. The lowest BCUT2D eigenvalue weighted by atomic mass is 10.1. The van der Waals surface area contributed by atoms with Crippen LogP contribution < -0.4 is 16.0 Å². The summed E-state index contributed by atoms with van der Waals surface area (Å²) in [6, 6.07) is 3.00. The fourth-order valence-electron chi connectivity index (χ4n) is 4.62. The minimum absolute atomic E-state index is 0.0533. The van der Waals surface area contributed by atoms with Gasteiger partial charge in [0.2, 0.25) is 0 Å². The van der Waals surface area contributed by atoms with E-state index in [1.54, 1.807) is 0 Å². The molecule has 0 saturated carbocycles. The van der Waals surface area contributed by atoms with Crippen LogP contribution in [0.15, 0.2) is 37.2 Å². The first-order valence-electron chi connectivity index (χ1n) is 12.7. The van der Waals surface area contributed by atoms with E-state index in [0.29, 0.717) is 0 Å². The van der Waals surface area contributed by atoms with Crippen LogP contribution in [0, 0.1) is 0 Å². The maximum atomic E-state index is 12.4. The van der Waals surface area contributed by atoms with Crippen molar-refractivity contribution in [2.24, 2.45) is 5.73 Å². The maximum absolute atomic E-state index is 12.4. The van der Waals surface area contributed by atoms with E-state index in [1.807, 2.05) is 0 Å². The van der Waals surface area contributed by atoms with Gasteiger partial charge in [0, 0.05) is 6.07 Å². The predicted octanol–water partition coefficient (Wildman–Crippen LogP) is -3.17. The number of nitrogens with zero attached hydrogens (tertiary/aromatic N) is 5. The standard InChI is InChI=1S/C21H29N7O14P2/c22-17-12-19(25-7-24-17)28(8-26-12)21-16(32)14(30)11(41-21)6-39-44(36,37)42-43(34,35)38-5-10-13(29)15(31)20(40-10)27-3-1-2-9(4-27)18(23)33/h1-4,7-8,10-11,13-16,18,20-21,29-33H,5-6,23H2,(H3-,22,24,25,34,35,36,37)/p+1/t10-,11-,13-,14-,15-,16-,18?,20-,21-/m1/s1. The van der Waals surface area contributed by atoms with E-state index < -0.39 is 84.2 Å². The Bertz CT molecular complexity index is 1580. The number of hydrogen-bond donors (Lipinski definition) is 9. The number of nitrogen functional groups attached to an aromatic ring is 1. The topological polar surface area (TPSA) is 321 Å². The molecule has 2 aliphatic rings. The highest BCUT2D eigenvalue weighted by Crippen LogP contribution is 2.60. The van der Waals surface area contributed by atoms with Crippen molar-refractivity contribution in [2.75, 3.05) is 18.9 Å². The van der Waals surface area contributed by atoms with Gasteiger partial charge in [-0.25, -0.2) is 24.1 Å². The number of nitrogens with two attached hydrogens (primary N) is 2. The number of rotatable bonds is 11. The van der Waals surface area contributed by atoms with E-state index in [1.165, 1.54) is 40.0 Å². The fraction of sp³-hybridized carbons (Fsp3) is 0.524. The van der Waals surface area contributed by atoms with Crippen LogP contribution in [0.25, 0.3) is 11.2 Å². The normalized spacial score (nSPS) is 32.5. The molecule has 3 unspecified atom stereocenters. The molecule has 3 aromatic rings. The van der Waals surface area contributed by atoms with Crippen molar-refractivity contribution in [3.8, 4) is 0 Å². The van der Waals surface area contributed by atoms with Gasteiger partial charge >= 0.3 is 15.6 Å². The quantitative estimate of drug-likeness (QED) is 0.0553. The lowest BCUT2D eigenvalue weighted by molar-refractivity contribution is -0.766. The van der Waals surface area contributed by atoms with Crippen LogP contribution >= 0.6 is 15.6 Å². The zero-order valence-electron chi connectivity index (χ0n) is 22.3. The van der Waals surface area contributed by atoms with Gasteiger partial charge in [0.05, 0.1) is 25.1 Å². The Morgan fingerprint density at radius 3 is 2.27 bits per heavy atom. The highest BCUT2D eigenvalue weighted by Gasteiger charge is 2.50. The average Bonchev–Trinajstić information content (AvgIpc) is 3.61. The zero-order chi connectivity index (χ0) is 32.0. The molecule has 0 aliphatic carbocycles. The summed E-state index contributed by atoms with van der Waals surface area (Å²) in [4.78, 5) is 31.9. The summed E-state index contributed by atoms with van der Waals surface area (Å²) >= 11 is 0. The molecule has 0 amide bonds. The van der Waals surface area contributed by atoms with Gasteiger partial charge in [0.1, 0.15) is 48.6 Å². The summed E-state index contributed by atoms with van der Waals surface area (Å²) in [6.45, 7) is -1.77. The Kier molecular flexibility index (Phi) is 9.46. The molecule has 0 radical (unpaired) electrons. The Labute approximate surface area is 247 Å². The Balaban J connectivity index is 1.16. The molecule has 11 N–H and O–H groups in total. The summed E-state index contributed by atoms with van der Waals surface area (Å²) in [5.74, 6) is 0.0533. The van der Waals surface area contributed by atoms with Crippen molar-refractivity contribution in [1.29, 1.82) is 0 Å². The number of phosphoric acid groups is 2. The summed E-state index contributed by atoms with van der Waals surface area (Å²) in [7, 11) is -10.7. The number of aromatic nitrogens is 5. The number of phosphoric ester groups is 2. The highest BCUT2D eigenvalue weighted by atomic mass is 31.3. The third kappa shape index (κ3) is 6.82. The molecule has 0 aromatic carbocycles. The molecule has 2 fully saturated rings. The van der Waals surface area contributed by atoms with Gasteiger partial charge in [-0.1, -0.05) is 0 Å². The average molecular weight is 666 g/mol. The van der Waals surface area contributed by atoms with Crippen molar-refractivity contribution in [3.05, 3.63) is 42.7 Å². The van der Waals surface area contributed by atoms with Crippen molar-refractivity contribution < 1.29 is 71.8 Å². The van der Waals surface area contributed by atoms with Crippen LogP contribution in [-0.4, -0.2) is 105 Å². The monoisotopic (exact) mass is 666 g/mol. The third-order valence-corrected chi connectivity index (χ3v) is 9.43. The smallest absolute Gasteiger partial charge is 0.387 e. The van der Waals surface area contributed by atoms with E-state index in [0.717, 1.165) is 6.33 Å². The lowest BCUT2D eigenvalue weighted by Crippen LogP contribution is -2.46. The first kappa shape index (κ1) is 32.8. The first-order chi connectivity index (χ1) is 20.7. The molecule has 0 spiro atoms. The number of imidazole rings is 1. The largest absolute Gasteiger partial charge is 0.481 e. The molecular formula is C21H30N7O14P2+.